The molecule has 12 heteroatoms. The number of ether oxygens (including phenoxy) is 5. The number of aliphatic carboxylic acids is 1. The number of carboxylic acids is 1. The third kappa shape index (κ3) is 42.3. The van der Waals surface area contributed by atoms with Gasteiger partial charge in [0.2, 0.25) is 0 Å². The van der Waals surface area contributed by atoms with E-state index in [1.54, 1.807) is 6.08 Å². The molecule has 0 amide bonds. The van der Waals surface area contributed by atoms with Crippen LogP contribution in [-0.2, 0) is 42.9 Å². The number of hydrogen-bond acceptors (Lipinski definition) is 11. The van der Waals surface area contributed by atoms with Gasteiger partial charge >= 0.3 is 23.9 Å². The summed E-state index contributed by atoms with van der Waals surface area (Å²) < 4.78 is 28.3. The first-order valence-electron chi connectivity index (χ1n) is 30.2. The quantitative estimate of drug-likeness (QED) is 0.0228. The first-order valence-corrected chi connectivity index (χ1v) is 30.2. The van der Waals surface area contributed by atoms with Crippen LogP contribution in [0.25, 0.3) is 0 Å². The van der Waals surface area contributed by atoms with Gasteiger partial charge in [0.15, 0.2) is 24.6 Å². The summed E-state index contributed by atoms with van der Waals surface area (Å²) in [5.74, 6) is -3.30. The van der Waals surface area contributed by atoms with Gasteiger partial charge in [0.1, 0.15) is 18.8 Å². The molecule has 1 saturated heterocycles. The number of unbranched alkanes of at least 4 members (excludes halogenated alkanes) is 21. The van der Waals surface area contributed by atoms with Gasteiger partial charge in [-0.15, -0.1) is 0 Å². The molecule has 0 aromatic carbocycles. The zero-order valence-corrected chi connectivity index (χ0v) is 48.2. The Morgan fingerprint density at radius 3 is 1.34 bits per heavy atom. The molecule has 1 rings (SSSR count). The van der Waals surface area contributed by atoms with Crippen LogP contribution in [0, 0.1) is 0 Å². The molecule has 1 aliphatic heterocycles. The molecule has 438 valence electrons. The molecule has 12 nitrogen and oxygen atoms in total. The molecule has 77 heavy (non-hydrogen) atoms. The number of aliphatic hydroxyl groups excluding tert-OH is 2. The summed E-state index contributed by atoms with van der Waals surface area (Å²) in [6.45, 7) is 5.76. The van der Waals surface area contributed by atoms with E-state index < -0.39 is 67.3 Å². The van der Waals surface area contributed by atoms with Gasteiger partial charge in [0, 0.05) is 12.8 Å². The van der Waals surface area contributed by atoms with Crippen molar-refractivity contribution in [1.82, 2.24) is 0 Å². The van der Waals surface area contributed by atoms with Crippen LogP contribution in [0.1, 0.15) is 239 Å². The lowest BCUT2D eigenvalue weighted by molar-refractivity contribution is -0.301. The average molecular weight is 1080 g/mol. The number of allylic oxidation sites excluding steroid dienone is 15. The predicted molar refractivity (Wildman–Crippen MR) is 312 cm³/mol. The van der Waals surface area contributed by atoms with E-state index in [1.165, 1.54) is 77.0 Å². The van der Waals surface area contributed by atoms with Gasteiger partial charge in [-0.05, 0) is 83.5 Å². The lowest BCUT2D eigenvalue weighted by Crippen LogP contribution is -2.61. The standard InChI is InChI=1S/C65H106O12/c1-4-7-10-13-16-19-22-25-27-28-29-30-32-35-38-41-44-47-50-53-59(68)76-63-61(70)60(69)62(64(71)72)77-65(63)74-55-56(75-58(67)52-49-46-43-40-37-33-24-21-18-15-12-9-6-3)54-73-57(66)51-48-45-42-39-36-34-31-26-23-20-17-14-11-8-5-2/h8,11,16-17,19-20,25-27,29-31,36,39,45,48,56,60-63,65,69-70H,4-7,9-10,12-15,18,21-24,28,32-35,37-38,40-44,46-47,49-55H2,1-3H3,(H,71,72)/b11-8-,19-16-,20-17-,27-25-,30-29-,31-26-,39-36-,48-45-. The molecular weight excluding hydrogens is 973 g/mol. The molecule has 6 unspecified atom stereocenters. The Morgan fingerprint density at radius 1 is 0.455 bits per heavy atom. The summed E-state index contributed by atoms with van der Waals surface area (Å²) in [6.07, 6.45) is 56.8. The van der Waals surface area contributed by atoms with E-state index in [2.05, 4.69) is 99.8 Å². The minimum absolute atomic E-state index is 0.0179. The van der Waals surface area contributed by atoms with Crippen LogP contribution in [0.15, 0.2) is 97.2 Å². The largest absolute Gasteiger partial charge is 0.479 e. The highest BCUT2D eigenvalue weighted by Crippen LogP contribution is 2.26. The van der Waals surface area contributed by atoms with Gasteiger partial charge in [-0.2, -0.15) is 0 Å². The van der Waals surface area contributed by atoms with Crippen molar-refractivity contribution >= 4 is 23.9 Å². The van der Waals surface area contributed by atoms with Gasteiger partial charge < -0.3 is 39.0 Å². The van der Waals surface area contributed by atoms with Crippen LogP contribution in [-0.4, -0.2) is 89.2 Å². The lowest BCUT2D eigenvalue weighted by atomic mass is 9.98. The van der Waals surface area contributed by atoms with Crippen LogP contribution >= 0.6 is 0 Å². The fourth-order valence-electron chi connectivity index (χ4n) is 8.57. The monoisotopic (exact) mass is 1080 g/mol. The lowest BCUT2D eigenvalue weighted by Gasteiger charge is -2.40. The van der Waals surface area contributed by atoms with Crippen molar-refractivity contribution in [3.05, 3.63) is 97.2 Å². The smallest absolute Gasteiger partial charge is 0.335 e. The second-order valence-electron chi connectivity index (χ2n) is 20.3. The van der Waals surface area contributed by atoms with E-state index in [0.29, 0.717) is 19.3 Å². The molecular formula is C65H106O12. The van der Waals surface area contributed by atoms with E-state index in [9.17, 15) is 34.5 Å². The molecule has 0 radical (unpaired) electrons. The molecule has 0 aromatic rings. The molecule has 1 heterocycles. The first kappa shape index (κ1) is 70.7. The summed E-state index contributed by atoms with van der Waals surface area (Å²) in [4.78, 5) is 51.1. The third-order valence-electron chi connectivity index (χ3n) is 13.2. The Balaban J connectivity index is 2.73. The molecule has 0 saturated carbocycles. The number of carboxylic acid groups (broad SMARTS) is 1. The van der Waals surface area contributed by atoms with Gasteiger partial charge in [-0.1, -0.05) is 234 Å². The minimum atomic E-state index is -1.92. The van der Waals surface area contributed by atoms with Crippen molar-refractivity contribution in [2.45, 2.75) is 276 Å². The van der Waals surface area contributed by atoms with Crippen LogP contribution in [0.5, 0.6) is 0 Å². The Labute approximate surface area is 466 Å². The molecule has 1 aliphatic rings. The highest BCUT2D eigenvalue weighted by atomic mass is 16.7. The molecule has 0 spiro atoms. The van der Waals surface area contributed by atoms with E-state index in [1.807, 2.05) is 12.2 Å². The van der Waals surface area contributed by atoms with Gasteiger partial charge in [-0.3, -0.25) is 14.4 Å². The zero-order valence-electron chi connectivity index (χ0n) is 48.2. The summed E-state index contributed by atoms with van der Waals surface area (Å²) in [7, 11) is 0. The summed E-state index contributed by atoms with van der Waals surface area (Å²) in [6, 6.07) is 0. The Bertz CT molecular complexity index is 1710. The minimum Gasteiger partial charge on any atom is -0.479 e. The summed E-state index contributed by atoms with van der Waals surface area (Å²) >= 11 is 0. The maximum absolute atomic E-state index is 13.1. The van der Waals surface area contributed by atoms with Crippen LogP contribution in [0.3, 0.4) is 0 Å². The number of rotatable bonds is 50. The van der Waals surface area contributed by atoms with Gasteiger partial charge in [-0.25, -0.2) is 4.79 Å². The Hall–Kier alpha value is -4.36. The Kier molecular flexibility index (Phi) is 48.0. The molecule has 0 aromatic heterocycles. The van der Waals surface area contributed by atoms with E-state index in [0.717, 1.165) is 103 Å². The molecule has 0 aliphatic carbocycles. The Morgan fingerprint density at radius 2 is 0.857 bits per heavy atom. The van der Waals surface area contributed by atoms with Crippen molar-refractivity contribution in [2.24, 2.45) is 0 Å². The topological polar surface area (TPSA) is 175 Å². The second kappa shape index (κ2) is 52.3. The number of carbonyl (C=O) groups is 4. The maximum atomic E-state index is 13.1. The highest BCUT2D eigenvalue weighted by molar-refractivity contribution is 5.74. The fraction of sp³-hybridized carbons (Fsp3) is 0.692. The van der Waals surface area contributed by atoms with E-state index in [-0.39, 0.29) is 25.9 Å². The van der Waals surface area contributed by atoms with E-state index >= 15 is 0 Å². The zero-order chi connectivity index (χ0) is 56.1. The second-order valence-corrected chi connectivity index (χ2v) is 20.3. The van der Waals surface area contributed by atoms with Crippen molar-refractivity contribution < 1.29 is 58.2 Å². The first-order chi connectivity index (χ1) is 37.6. The van der Waals surface area contributed by atoms with E-state index in [4.69, 9.17) is 23.7 Å². The fourth-order valence-corrected chi connectivity index (χ4v) is 8.57. The molecule has 1 fully saturated rings. The van der Waals surface area contributed by atoms with Crippen LogP contribution in [0.4, 0.5) is 0 Å². The maximum Gasteiger partial charge on any atom is 0.335 e. The van der Waals surface area contributed by atoms with Crippen molar-refractivity contribution in [3.8, 4) is 0 Å². The molecule has 3 N–H and O–H groups in total. The molecule has 0 bridgehead atoms. The summed E-state index contributed by atoms with van der Waals surface area (Å²) in [5, 5.41) is 31.5. The van der Waals surface area contributed by atoms with Crippen molar-refractivity contribution in [1.29, 1.82) is 0 Å². The average Bonchev–Trinajstić information content (AvgIpc) is 3.42. The van der Waals surface area contributed by atoms with Gasteiger partial charge in [0.25, 0.3) is 0 Å². The molecule has 6 atom stereocenters. The van der Waals surface area contributed by atoms with Gasteiger partial charge in [0.05, 0.1) is 13.0 Å². The summed E-state index contributed by atoms with van der Waals surface area (Å²) in [5.41, 5.74) is 0. The third-order valence-corrected chi connectivity index (χ3v) is 13.2. The SMILES string of the molecule is CC/C=C\C/C=C\C/C=C\C/C=C\C/C=C\CC(=O)OCC(COC1OC(C(=O)O)C(O)C(O)C1OC(=O)CCCCCCCC/C=C\C/C=C\C/C=C\CCCCC)OC(=O)CCCCCCCCCCCCCCC. The highest BCUT2D eigenvalue weighted by Gasteiger charge is 2.50. The number of esters is 3. The number of aliphatic hydroxyl groups is 2. The normalized spacial score (nSPS) is 18.7. The predicted octanol–water partition coefficient (Wildman–Crippen LogP) is 15.7. The number of carbonyl (C=O) groups excluding carboxylic acids is 3. The van der Waals surface area contributed by atoms with Crippen molar-refractivity contribution in [2.75, 3.05) is 13.2 Å². The van der Waals surface area contributed by atoms with Crippen LogP contribution in [0.2, 0.25) is 0 Å². The van der Waals surface area contributed by atoms with Crippen molar-refractivity contribution in [3.63, 3.8) is 0 Å². The number of hydrogen-bond donors (Lipinski definition) is 3. The van der Waals surface area contributed by atoms with Crippen LogP contribution < -0.4 is 0 Å².